The second-order valence-corrected chi connectivity index (χ2v) is 14.7. The van der Waals surface area contributed by atoms with Crippen molar-refractivity contribution in [3.8, 4) is 11.1 Å². The van der Waals surface area contributed by atoms with Crippen molar-refractivity contribution in [3.63, 3.8) is 0 Å². The molecule has 0 bridgehead atoms. The first-order valence-electron chi connectivity index (χ1n) is 7.62. The van der Waals surface area contributed by atoms with E-state index in [-0.39, 0.29) is 0 Å². The molecule has 0 spiro atoms. The summed E-state index contributed by atoms with van der Waals surface area (Å²) in [6.45, 7) is 6.57. The van der Waals surface area contributed by atoms with Crippen LogP contribution in [0.1, 0.15) is 39.7 Å². The summed E-state index contributed by atoms with van der Waals surface area (Å²) in [5.41, 5.74) is 9.41. The fraction of sp³-hybridized carbons (Fsp3) is 0.263. The number of benzene rings is 2. The van der Waals surface area contributed by atoms with Crippen molar-refractivity contribution in [2.75, 3.05) is 0 Å². The maximum atomic E-state index is 6.42. The molecule has 0 aromatic heterocycles. The molecule has 3 heteroatoms. The van der Waals surface area contributed by atoms with E-state index in [9.17, 15) is 0 Å². The van der Waals surface area contributed by atoms with Gasteiger partial charge in [-0.2, -0.15) is 0 Å². The number of hydrogen-bond acceptors (Lipinski definition) is 0. The van der Waals surface area contributed by atoms with Crippen LogP contribution >= 0.6 is 17.0 Å². The summed E-state index contributed by atoms with van der Waals surface area (Å²) < 4.78 is 0.300. The third-order valence-corrected chi connectivity index (χ3v) is 10.1. The van der Waals surface area contributed by atoms with Gasteiger partial charge in [-0.05, 0) is 0 Å². The van der Waals surface area contributed by atoms with Crippen LogP contribution in [-0.4, -0.2) is 0 Å². The first kappa shape index (κ1) is 16.5. The van der Waals surface area contributed by atoms with Crippen LogP contribution in [0.3, 0.4) is 0 Å². The Kier molecular flexibility index (Phi) is 4.98. The van der Waals surface area contributed by atoms with Crippen LogP contribution in [0.4, 0.5) is 0 Å². The standard InChI is InChI=1S/C19H19.2ClH.Zr/c1-4-15-7-5-6-8-17(15)19-14(3)9-10-16-11-13(2)12-18(16)19;;;/h5-12H,4H2,1-3H3;2*1H;/q;;;+2/p-2. The topological polar surface area (TPSA) is 0 Å². The summed E-state index contributed by atoms with van der Waals surface area (Å²) in [6.07, 6.45) is 3.34. The van der Waals surface area contributed by atoms with Gasteiger partial charge in [-0.25, -0.2) is 0 Å². The molecular weight excluding hydrogens is 390 g/mol. The third-order valence-electron chi connectivity index (χ3n) is 4.51. The Balaban J connectivity index is 2.27. The predicted octanol–water partition coefficient (Wildman–Crippen LogP) is 6.61. The van der Waals surface area contributed by atoms with Crippen LogP contribution in [-0.2, 0) is 25.8 Å². The number of allylic oxidation sites excluding steroid dienone is 1. The van der Waals surface area contributed by atoms with Gasteiger partial charge in [0.15, 0.2) is 0 Å². The van der Waals surface area contributed by atoms with Gasteiger partial charge in [0, 0.05) is 0 Å². The van der Waals surface area contributed by atoms with Crippen molar-refractivity contribution < 1.29 is 19.4 Å². The molecule has 0 amide bonds. The Bertz CT molecular complexity index is 747. The fourth-order valence-corrected chi connectivity index (χ4v) is 9.10. The Hall–Kier alpha value is -0.357. The van der Waals surface area contributed by atoms with Crippen LogP contribution in [0.15, 0.2) is 42.0 Å². The molecule has 1 atom stereocenters. The van der Waals surface area contributed by atoms with Gasteiger partial charge in [0.25, 0.3) is 0 Å². The minimum absolute atomic E-state index is 0.300. The van der Waals surface area contributed by atoms with Crippen LogP contribution < -0.4 is 0 Å². The van der Waals surface area contributed by atoms with Gasteiger partial charge < -0.3 is 0 Å². The van der Waals surface area contributed by atoms with E-state index >= 15 is 0 Å². The number of halogens is 2. The molecule has 0 N–H and O–H groups in total. The first-order valence-corrected chi connectivity index (χ1v) is 15.4. The van der Waals surface area contributed by atoms with E-state index in [0.717, 1.165) is 6.42 Å². The first-order chi connectivity index (χ1) is 10.5. The normalized spacial score (nSPS) is 16.4. The van der Waals surface area contributed by atoms with Crippen molar-refractivity contribution in [3.05, 3.63) is 64.2 Å². The van der Waals surface area contributed by atoms with Crippen LogP contribution in [0, 0.1) is 6.92 Å². The van der Waals surface area contributed by atoms with E-state index in [1.54, 1.807) is 0 Å². The Morgan fingerprint density at radius 1 is 1.05 bits per heavy atom. The molecule has 3 rings (SSSR count). The molecule has 113 valence electrons. The maximum absolute atomic E-state index is 6.42. The van der Waals surface area contributed by atoms with E-state index in [4.69, 9.17) is 17.0 Å². The molecule has 2 aromatic carbocycles. The Morgan fingerprint density at radius 3 is 2.45 bits per heavy atom. The minimum atomic E-state index is -2.37. The van der Waals surface area contributed by atoms with Crippen molar-refractivity contribution in [1.29, 1.82) is 0 Å². The van der Waals surface area contributed by atoms with E-state index in [0.29, 0.717) is 3.63 Å². The summed E-state index contributed by atoms with van der Waals surface area (Å²) in [6, 6.07) is 13.2. The van der Waals surface area contributed by atoms with E-state index in [1.807, 2.05) is 0 Å². The molecule has 0 fully saturated rings. The number of aryl methyl sites for hydroxylation is 2. The summed E-state index contributed by atoms with van der Waals surface area (Å²) in [7, 11) is 12.8. The molecule has 1 aliphatic carbocycles. The molecule has 0 aliphatic heterocycles. The Morgan fingerprint density at radius 2 is 1.77 bits per heavy atom. The zero-order chi connectivity index (χ0) is 15.9. The average Bonchev–Trinajstić information content (AvgIpc) is 2.83. The van der Waals surface area contributed by atoms with Crippen molar-refractivity contribution in [2.45, 2.75) is 30.8 Å². The predicted molar refractivity (Wildman–Crippen MR) is 94.1 cm³/mol. The Labute approximate surface area is 147 Å². The molecule has 2 aromatic rings. The van der Waals surface area contributed by atoms with Crippen molar-refractivity contribution in [2.24, 2.45) is 0 Å². The summed E-state index contributed by atoms with van der Waals surface area (Å²) in [5, 5.41) is 0. The molecule has 1 unspecified atom stereocenters. The average molecular weight is 409 g/mol. The van der Waals surface area contributed by atoms with Gasteiger partial charge in [-0.1, -0.05) is 0 Å². The number of hydrogen-bond donors (Lipinski definition) is 0. The monoisotopic (exact) mass is 407 g/mol. The van der Waals surface area contributed by atoms with Crippen LogP contribution in [0.2, 0.25) is 0 Å². The molecule has 0 nitrogen and oxygen atoms in total. The van der Waals surface area contributed by atoms with Crippen molar-refractivity contribution in [1.82, 2.24) is 0 Å². The molecule has 22 heavy (non-hydrogen) atoms. The molecule has 0 heterocycles. The van der Waals surface area contributed by atoms with Crippen LogP contribution in [0.25, 0.3) is 17.2 Å². The second-order valence-electron chi connectivity index (χ2n) is 5.88. The van der Waals surface area contributed by atoms with Crippen LogP contribution in [0.5, 0.6) is 0 Å². The quantitative estimate of drug-likeness (QED) is 0.535. The summed E-state index contributed by atoms with van der Waals surface area (Å²) >= 11 is -2.37. The number of rotatable bonds is 3. The van der Waals surface area contributed by atoms with E-state index in [1.165, 1.54) is 39.0 Å². The molecule has 1 aliphatic rings. The van der Waals surface area contributed by atoms with Gasteiger partial charge in [-0.15, -0.1) is 0 Å². The second kappa shape index (κ2) is 6.64. The van der Waals surface area contributed by atoms with Gasteiger partial charge in [0.05, 0.1) is 0 Å². The van der Waals surface area contributed by atoms with Crippen molar-refractivity contribution >= 4 is 23.1 Å². The summed E-state index contributed by atoms with van der Waals surface area (Å²) in [5.74, 6) is 0. The van der Waals surface area contributed by atoms with Gasteiger partial charge in [0.1, 0.15) is 0 Å². The zero-order valence-corrected chi connectivity index (χ0v) is 17.1. The molecule has 0 saturated heterocycles. The fourth-order valence-electron chi connectivity index (χ4n) is 3.43. The van der Waals surface area contributed by atoms with Gasteiger partial charge >= 0.3 is 149 Å². The summed E-state index contributed by atoms with van der Waals surface area (Å²) in [4.78, 5) is 0. The SMILES string of the molecule is CCc1ccccc1-c1c(C)ccc2c1C=C(C)[CH]2[Zr]([Cl])[Cl]. The molecule has 0 saturated carbocycles. The molecular formula is C19H19Cl2Zr. The molecule has 0 radical (unpaired) electrons. The van der Waals surface area contributed by atoms with E-state index < -0.39 is 19.4 Å². The van der Waals surface area contributed by atoms with Gasteiger partial charge in [0.2, 0.25) is 0 Å². The third kappa shape index (κ3) is 2.77. The van der Waals surface area contributed by atoms with E-state index in [2.05, 4.69) is 63.2 Å². The number of fused-ring (bicyclic) bond motifs is 1. The van der Waals surface area contributed by atoms with Gasteiger partial charge in [-0.3, -0.25) is 0 Å². The zero-order valence-electron chi connectivity index (χ0n) is 13.1.